The molecule has 0 aliphatic carbocycles. The van der Waals surface area contributed by atoms with Gasteiger partial charge in [0.15, 0.2) is 0 Å². The van der Waals surface area contributed by atoms with Crippen LogP contribution in [0, 0.1) is 0 Å². The lowest BCUT2D eigenvalue weighted by Gasteiger charge is -2.29. The number of hydrogen-bond acceptors (Lipinski definition) is 6. The molecule has 0 atom stereocenters. The zero-order valence-corrected chi connectivity index (χ0v) is 14.9. The average molecular weight is 390 g/mol. The fraction of sp³-hybridized carbons (Fsp3) is 0.533. The number of amides is 2. The van der Waals surface area contributed by atoms with Gasteiger partial charge in [0, 0.05) is 10.9 Å². The first-order valence-corrected chi connectivity index (χ1v) is 8.78. The van der Waals surface area contributed by atoms with Crippen LogP contribution in [-0.4, -0.2) is 45.3 Å². The molecule has 2 aromatic heterocycles. The van der Waals surface area contributed by atoms with Crippen LogP contribution in [0.1, 0.15) is 31.0 Å². The van der Waals surface area contributed by atoms with Crippen LogP contribution >= 0.6 is 11.3 Å². The number of aromatic nitrogens is 2. The van der Waals surface area contributed by atoms with Crippen LogP contribution < -0.4 is 0 Å². The third-order valence-corrected chi connectivity index (χ3v) is 4.78. The number of halogens is 3. The van der Waals surface area contributed by atoms with Crippen molar-refractivity contribution in [2.75, 3.05) is 13.2 Å². The quantitative estimate of drug-likeness (QED) is 0.794. The first-order valence-electron chi connectivity index (χ1n) is 7.96. The van der Waals surface area contributed by atoms with Crippen molar-refractivity contribution >= 4 is 17.4 Å². The molecule has 26 heavy (non-hydrogen) atoms. The van der Waals surface area contributed by atoms with Gasteiger partial charge in [0.1, 0.15) is 0 Å². The van der Waals surface area contributed by atoms with Crippen molar-refractivity contribution in [3.05, 3.63) is 22.9 Å². The second kappa shape index (κ2) is 7.23. The Kier molecular flexibility index (Phi) is 5.19. The molecule has 2 aromatic rings. The van der Waals surface area contributed by atoms with Gasteiger partial charge < -0.3 is 9.42 Å². The molecule has 0 spiro atoms. The lowest BCUT2D eigenvalue weighted by molar-refractivity contribution is -0.159. The van der Waals surface area contributed by atoms with Crippen LogP contribution in [0.3, 0.4) is 0 Å². The second-order valence-electron chi connectivity index (χ2n) is 5.98. The van der Waals surface area contributed by atoms with Gasteiger partial charge in [-0.1, -0.05) is 5.16 Å². The van der Waals surface area contributed by atoms with Gasteiger partial charge in [-0.05, 0) is 32.4 Å². The van der Waals surface area contributed by atoms with E-state index in [2.05, 4.69) is 14.7 Å². The summed E-state index contributed by atoms with van der Waals surface area (Å²) in [6.45, 7) is 5.14. The third-order valence-electron chi connectivity index (χ3n) is 3.71. The third kappa shape index (κ3) is 3.98. The van der Waals surface area contributed by atoms with Gasteiger partial charge in [-0.3, -0.25) is 4.84 Å². The van der Waals surface area contributed by atoms with E-state index in [0.29, 0.717) is 24.6 Å². The Morgan fingerprint density at radius 1 is 1.42 bits per heavy atom. The smallest absolute Gasteiger partial charge is 0.329 e. The van der Waals surface area contributed by atoms with E-state index in [-0.39, 0.29) is 17.9 Å². The number of carbonyl (C=O) groups excluding carboxylic acids is 1. The van der Waals surface area contributed by atoms with Crippen molar-refractivity contribution in [2.45, 2.75) is 39.0 Å². The number of alkyl halides is 3. The van der Waals surface area contributed by atoms with Crippen LogP contribution in [0.5, 0.6) is 0 Å². The molecule has 2 amide bonds. The first-order chi connectivity index (χ1) is 12.3. The second-order valence-corrected chi connectivity index (χ2v) is 7.15. The molecule has 142 valence electrons. The van der Waals surface area contributed by atoms with Gasteiger partial charge in [-0.25, -0.2) is 9.86 Å². The number of urea groups is 1. The highest BCUT2D eigenvalue weighted by Gasteiger charge is 2.38. The van der Waals surface area contributed by atoms with E-state index >= 15 is 0 Å². The van der Waals surface area contributed by atoms with E-state index in [9.17, 15) is 18.0 Å². The van der Waals surface area contributed by atoms with Crippen molar-refractivity contribution < 1.29 is 27.3 Å². The Bertz CT molecular complexity index is 768. The molecule has 1 fully saturated rings. The van der Waals surface area contributed by atoms with Crippen LogP contribution in [0.2, 0.25) is 0 Å². The molecule has 3 heterocycles. The standard InChI is InChI=1S/C15H17F3N4O3S/c1-9(2)21(14(23)22-6-3-7-24-22)8-10-4-5-11(26-10)12-19-13(25-20-12)15(16,17)18/h4-5,9H,3,6-8H2,1-2H3. The Hall–Kier alpha value is -2.14. The summed E-state index contributed by atoms with van der Waals surface area (Å²) in [6, 6.07) is 3.04. The summed E-state index contributed by atoms with van der Waals surface area (Å²) in [4.78, 5) is 24.1. The fourth-order valence-electron chi connectivity index (χ4n) is 2.40. The summed E-state index contributed by atoms with van der Waals surface area (Å²) in [7, 11) is 0. The predicted octanol–water partition coefficient (Wildman–Crippen LogP) is 3.78. The Labute approximate surface area is 151 Å². The van der Waals surface area contributed by atoms with Gasteiger partial charge in [0.2, 0.25) is 5.82 Å². The average Bonchev–Trinajstić information content (AvgIpc) is 3.31. The summed E-state index contributed by atoms with van der Waals surface area (Å²) < 4.78 is 41.9. The van der Waals surface area contributed by atoms with E-state index in [4.69, 9.17) is 4.84 Å². The number of thiophene rings is 1. The maximum absolute atomic E-state index is 12.6. The van der Waals surface area contributed by atoms with E-state index in [1.807, 2.05) is 13.8 Å². The predicted molar refractivity (Wildman–Crippen MR) is 86.0 cm³/mol. The maximum Gasteiger partial charge on any atom is 0.471 e. The van der Waals surface area contributed by atoms with E-state index in [1.165, 1.54) is 16.4 Å². The first kappa shape index (κ1) is 18.6. The zero-order chi connectivity index (χ0) is 18.9. The zero-order valence-electron chi connectivity index (χ0n) is 14.1. The number of nitrogens with zero attached hydrogens (tertiary/aromatic N) is 4. The van der Waals surface area contributed by atoms with Gasteiger partial charge in [-0.2, -0.15) is 18.2 Å². The number of hydrogen-bond donors (Lipinski definition) is 0. The molecule has 0 N–H and O–H groups in total. The minimum atomic E-state index is -4.68. The molecule has 11 heteroatoms. The summed E-state index contributed by atoms with van der Waals surface area (Å²) in [5, 5.41) is 4.71. The van der Waals surface area contributed by atoms with Gasteiger partial charge >= 0.3 is 18.1 Å². The molecule has 1 saturated heterocycles. The summed E-state index contributed by atoms with van der Waals surface area (Å²) in [5.41, 5.74) is 0. The lowest BCUT2D eigenvalue weighted by Crippen LogP contribution is -2.44. The minimum absolute atomic E-state index is 0.0701. The highest BCUT2D eigenvalue weighted by molar-refractivity contribution is 7.15. The maximum atomic E-state index is 12.6. The highest BCUT2D eigenvalue weighted by atomic mass is 32.1. The van der Waals surface area contributed by atoms with Gasteiger partial charge in [0.25, 0.3) is 0 Å². The molecular weight excluding hydrogens is 373 g/mol. The normalized spacial score (nSPS) is 15.1. The Balaban J connectivity index is 1.74. The molecule has 0 bridgehead atoms. The van der Waals surface area contributed by atoms with Crippen LogP contribution in [0.15, 0.2) is 16.7 Å². The molecular formula is C15H17F3N4O3S. The van der Waals surface area contributed by atoms with Crippen LogP contribution in [-0.2, 0) is 17.6 Å². The van der Waals surface area contributed by atoms with E-state index in [1.54, 1.807) is 17.0 Å². The molecule has 1 aliphatic heterocycles. The van der Waals surface area contributed by atoms with E-state index < -0.39 is 12.1 Å². The number of carbonyl (C=O) groups is 1. The van der Waals surface area contributed by atoms with Crippen molar-refractivity contribution in [1.82, 2.24) is 20.1 Å². The summed E-state index contributed by atoms with van der Waals surface area (Å²) in [6.07, 6.45) is -3.89. The summed E-state index contributed by atoms with van der Waals surface area (Å²) in [5.74, 6) is -1.51. The van der Waals surface area contributed by atoms with Crippen molar-refractivity contribution in [3.63, 3.8) is 0 Å². The molecule has 7 nitrogen and oxygen atoms in total. The molecule has 1 aliphatic rings. The Morgan fingerprint density at radius 3 is 2.77 bits per heavy atom. The monoisotopic (exact) mass is 390 g/mol. The van der Waals surface area contributed by atoms with Crippen molar-refractivity contribution in [3.8, 4) is 10.7 Å². The lowest BCUT2D eigenvalue weighted by atomic mass is 10.3. The highest BCUT2D eigenvalue weighted by Crippen LogP contribution is 2.32. The molecule has 3 rings (SSSR count). The minimum Gasteiger partial charge on any atom is -0.329 e. The van der Waals surface area contributed by atoms with Crippen LogP contribution in [0.4, 0.5) is 18.0 Å². The largest absolute Gasteiger partial charge is 0.471 e. The molecule has 0 saturated carbocycles. The van der Waals surface area contributed by atoms with E-state index in [0.717, 1.165) is 11.3 Å². The number of hydroxylamine groups is 2. The van der Waals surface area contributed by atoms with Crippen molar-refractivity contribution in [1.29, 1.82) is 0 Å². The SMILES string of the molecule is CC(C)N(Cc1ccc(-c2noc(C(F)(F)F)n2)s1)C(=O)N1CCCO1. The fourth-order valence-corrected chi connectivity index (χ4v) is 3.33. The molecule has 0 radical (unpaired) electrons. The van der Waals surface area contributed by atoms with Gasteiger partial charge in [-0.15, -0.1) is 11.3 Å². The molecule has 0 aromatic carbocycles. The topological polar surface area (TPSA) is 71.7 Å². The molecule has 0 unspecified atom stereocenters. The Morgan fingerprint density at radius 2 is 2.19 bits per heavy atom. The van der Waals surface area contributed by atoms with Crippen molar-refractivity contribution in [2.24, 2.45) is 0 Å². The number of rotatable bonds is 4. The van der Waals surface area contributed by atoms with Gasteiger partial charge in [0.05, 0.1) is 24.6 Å². The van der Waals surface area contributed by atoms with Crippen LogP contribution in [0.25, 0.3) is 10.7 Å². The summed E-state index contributed by atoms with van der Waals surface area (Å²) >= 11 is 1.21.